The van der Waals surface area contributed by atoms with E-state index in [4.69, 9.17) is 9.47 Å². The average Bonchev–Trinajstić information content (AvgIpc) is 3.17. The van der Waals surface area contributed by atoms with Crippen LogP contribution in [0.3, 0.4) is 0 Å². The molecule has 0 bridgehead atoms. The third-order valence-corrected chi connectivity index (χ3v) is 4.20. The predicted octanol–water partition coefficient (Wildman–Crippen LogP) is 0.650. The van der Waals surface area contributed by atoms with Gasteiger partial charge in [0.2, 0.25) is 5.91 Å². The molecule has 2 fully saturated rings. The number of carbonyl (C=O) groups excluding carboxylic acids is 1. The molecule has 1 N–H and O–H groups in total. The maximum Gasteiger partial charge on any atom is 0.225 e. The lowest BCUT2D eigenvalue weighted by Crippen LogP contribution is -2.35. The number of nitrogens with zero attached hydrogens (tertiary/aromatic N) is 2. The first kappa shape index (κ1) is 13.6. The molecule has 2 aliphatic rings. The lowest BCUT2D eigenvalue weighted by Gasteiger charge is -2.20. The Bertz CT molecular complexity index is 468. The number of nitrogens with one attached hydrogen (secondary N) is 1. The van der Waals surface area contributed by atoms with Gasteiger partial charge in [-0.3, -0.25) is 9.48 Å². The lowest BCUT2D eigenvalue weighted by molar-refractivity contribution is -0.125. The molecule has 0 saturated carbocycles. The zero-order valence-electron chi connectivity index (χ0n) is 11.7. The lowest BCUT2D eigenvalue weighted by atomic mass is 9.98. The normalized spacial score (nSPS) is 29.8. The molecule has 0 spiro atoms. The minimum atomic E-state index is 0.0208. The summed E-state index contributed by atoms with van der Waals surface area (Å²) in [4.78, 5) is 12.0. The first-order chi connectivity index (χ1) is 9.75. The smallest absolute Gasteiger partial charge is 0.225 e. The second kappa shape index (κ2) is 5.93. The minimum absolute atomic E-state index is 0.0208. The van der Waals surface area contributed by atoms with Gasteiger partial charge < -0.3 is 14.8 Å². The molecular weight excluding hydrogens is 258 g/mol. The van der Waals surface area contributed by atoms with Crippen LogP contribution in [0.4, 0.5) is 0 Å². The molecule has 1 amide bonds. The Hall–Kier alpha value is -1.40. The Morgan fingerprint density at radius 1 is 1.50 bits per heavy atom. The van der Waals surface area contributed by atoms with Crippen LogP contribution in [0, 0.1) is 11.8 Å². The van der Waals surface area contributed by atoms with E-state index < -0.39 is 0 Å². The van der Waals surface area contributed by atoms with Gasteiger partial charge in [-0.15, -0.1) is 0 Å². The van der Waals surface area contributed by atoms with Gasteiger partial charge in [0.05, 0.1) is 18.2 Å². The quantitative estimate of drug-likeness (QED) is 0.879. The highest BCUT2D eigenvalue weighted by molar-refractivity contribution is 5.78. The Labute approximate surface area is 118 Å². The van der Waals surface area contributed by atoms with Crippen molar-refractivity contribution in [3.8, 4) is 0 Å². The number of hydrogen-bond acceptors (Lipinski definition) is 4. The summed E-state index contributed by atoms with van der Waals surface area (Å²) in [5, 5.41) is 7.24. The van der Waals surface area contributed by atoms with Crippen molar-refractivity contribution >= 4 is 5.91 Å². The minimum Gasteiger partial charge on any atom is -0.381 e. The maximum atomic E-state index is 12.0. The molecule has 0 aliphatic carbocycles. The first-order valence-electron chi connectivity index (χ1n) is 7.20. The van der Waals surface area contributed by atoms with Gasteiger partial charge in [0.15, 0.2) is 0 Å². The first-order valence-corrected chi connectivity index (χ1v) is 7.20. The predicted molar refractivity (Wildman–Crippen MR) is 71.9 cm³/mol. The van der Waals surface area contributed by atoms with E-state index in [9.17, 15) is 4.79 Å². The van der Waals surface area contributed by atoms with Crippen LogP contribution in [-0.4, -0.2) is 42.1 Å². The Balaban J connectivity index is 1.56. The molecule has 110 valence electrons. The fourth-order valence-electron chi connectivity index (χ4n) is 2.95. The third kappa shape index (κ3) is 2.71. The number of hydrogen-bond donors (Lipinski definition) is 1. The van der Waals surface area contributed by atoms with Gasteiger partial charge in [0.25, 0.3) is 0 Å². The molecule has 6 nitrogen and oxygen atoms in total. The van der Waals surface area contributed by atoms with Crippen LogP contribution in [0.25, 0.3) is 0 Å². The summed E-state index contributed by atoms with van der Waals surface area (Å²) in [6.45, 7) is 2.65. The molecule has 3 rings (SSSR count). The van der Waals surface area contributed by atoms with Crippen LogP contribution in [0.2, 0.25) is 0 Å². The van der Waals surface area contributed by atoms with Crippen molar-refractivity contribution < 1.29 is 14.3 Å². The fraction of sp³-hybridized carbons (Fsp3) is 0.714. The number of rotatable bonds is 4. The molecule has 20 heavy (non-hydrogen) atoms. The van der Waals surface area contributed by atoms with Crippen molar-refractivity contribution in [3.05, 3.63) is 18.0 Å². The van der Waals surface area contributed by atoms with Gasteiger partial charge in [-0.05, 0) is 18.9 Å². The molecule has 2 aliphatic heterocycles. The molecule has 6 heteroatoms. The monoisotopic (exact) mass is 279 g/mol. The maximum absolute atomic E-state index is 12.0. The van der Waals surface area contributed by atoms with Crippen LogP contribution in [-0.2, 0) is 21.3 Å². The number of carbonyl (C=O) groups is 1. The summed E-state index contributed by atoms with van der Waals surface area (Å²) < 4.78 is 12.9. The molecule has 3 atom stereocenters. The summed E-state index contributed by atoms with van der Waals surface area (Å²) in [7, 11) is 1.92. The van der Waals surface area contributed by atoms with Gasteiger partial charge in [0.1, 0.15) is 6.10 Å². The molecule has 1 aromatic rings. The summed E-state index contributed by atoms with van der Waals surface area (Å²) in [6.07, 6.45) is 3.61. The van der Waals surface area contributed by atoms with Crippen molar-refractivity contribution in [1.82, 2.24) is 15.1 Å². The highest BCUT2D eigenvalue weighted by Crippen LogP contribution is 2.33. The van der Waals surface area contributed by atoms with E-state index >= 15 is 0 Å². The summed E-state index contributed by atoms with van der Waals surface area (Å²) in [6, 6.07) is 1.98. The van der Waals surface area contributed by atoms with Crippen molar-refractivity contribution in [1.29, 1.82) is 0 Å². The number of aromatic nitrogens is 2. The standard InChI is InChI=1S/C14H21N3O3/c1-17-12(2-5-16-17)13-10(4-7-20-13)8-15-14(18)11-3-6-19-9-11/h2,5,10-11,13H,3-4,6-9H2,1H3,(H,15,18)/t10-,11-,13+/m0/s1. The summed E-state index contributed by atoms with van der Waals surface area (Å²) in [5.41, 5.74) is 1.07. The Kier molecular flexibility index (Phi) is 4.03. The highest BCUT2D eigenvalue weighted by Gasteiger charge is 2.32. The van der Waals surface area contributed by atoms with E-state index in [0.717, 1.165) is 25.1 Å². The summed E-state index contributed by atoms with van der Waals surface area (Å²) >= 11 is 0. The molecule has 0 aromatic carbocycles. The van der Waals surface area contributed by atoms with Gasteiger partial charge in [-0.1, -0.05) is 0 Å². The number of ether oxygens (including phenoxy) is 2. The van der Waals surface area contributed by atoms with E-state index in [1.807, 2.05) is 17.8 Å². The number of aryl methyl sites for hydroxylation is 1. The topological polar surface area (TPSA) is 65.4 Å². The van der Waals surface area contributed by atoms with Crippen molar-refractivity contribution in [2.45, 2.75) is 18.9 Å². The van der Waals surface area contributed by atoms with E-state index in [2.05, 4.69) is 10.4 Å². The van der Waals surface area contributed by atoms with Crippen LogP contribution >= 0.6 is 0 Å². The van der Waals surface area contributed by atoms with E-state index in [1.165, 1.54) is 0 Å². The SMILES string of the molecule is Cn1nccc1[C@@H]1OCC[C@H]1CNC(=O)[C@H]1CCOC1. The van der Waals surface area contributed by atoms with Gasteiger partial charge in [-0.25, -0.2) is 0 Å². The zero-order valence-corrected chi connectivity index (χ0v) is 11.7. The van der Waals surface area contributed by atoms with Gasteiger partial charge in [0, 0.05) is 38.9 Å². The second-order valence-corrected chi connectivity index (χ2v) is 5.53. The Morgan fingerprint density at radius 3 is 3.10 bits per heavy atom. The fourth-order valence-corrected chi connectivity index (χ4v) is 2.95. The number of amides is 1. The molecule has 0 radical (unpaired) electrons. The van der Waals surface area contributed by atoms with Crippen molar-refractivity contribution in [2.75, 3.05) is 26.4 Å². The van der Waals surface area contributed by atoms with E-state index in [1.54, 1.807) is 6.20 Å². The van der Waals surface area contributed by atoms with Crippen LogP contribution < -0.4 is 5.32 Å². The molecule has 0 unspecified atom stereocenters. The van der Waals surface area contributed by atoms with Crippen LogP contribution in [0.15, 0.2) is 12.3 Å². The van der Waals surface area contributed by atoms with Gasteiger partial charge >= 0.3 is 0 Å². The van der Waals surface area contributed by atoms with E-state index in [-0.39, 0.29) is 17.9 Å². The third-order valence-electron chi connectivity index (χ3n) is 4.20. The van der Waals surface area contributed by atoms with E-state index in [0.29, 0.717) is 25.7 Å². The molecular formula is C14H21N3O3. The highest BCUT2D eigenvalue weighted by atomic mass is 16.5. The largest absolute Gasteiger partial charge is 0.381 e. The van der Waals surface area contributed by atoms with Crippen molar-refractivity contribution in [3.63, 3.8) is 0 Å². The summed E-state index contributed by atoms with van der Waals surface area (Å²) in [5.74, 6) is 0.447. The average molecular weight is 279 g/mol. The molecule has 2 saturated heterocycles. The van der Waals surface area contributed by atoms with Crippen molar-refractivity contribution in [2.24, 2.45) is 18.9 Å². The van der Waals surface area contributed by atoms with Gasteiger partial charge in [-0.2, -0.15) is 5.10 Å². The van der Waals surface area contributed by atoms with Crippen LogP contribution in [0.1, 0.15) is 24.6 Å². The Morgan fingerprint density at radius 2 is 2.40 bits per heavy atom. The molecule has 1 aromatic heterocycles. The molecule has 3 heterocycles. The zero-order chi connectivity index (χ0) is 13.9. The van der Waals surface area contributed by atoms with Crippen LogP contribution in [0.5, 0.6) is 0 Å². The second-order valence-electron chi connectivity index (χ2n) is 5.53.